The molecule has 0 unspecified atom stereocenters. The second-order valence-corrected chi connectivity index (χ2v) is 7.88. The fourth-order valence-electron chi connectivity index (χ4n) is 3.11. The molecule has 0 aliphatic heterocycles. The predicted molar refractivity (Wildman–Crippen MR) is 122 cm³/mol. The highest BCUT2D eigenvalue weighted by Crippen LogP contribution is 2.27. The Bertz CT molecular complexity index is 1190. The minimum Gasteiger partial charge on any atom is -0.431 e. The summed E-state index contributed by atoms with van der Waals surface area (Å²) in [5.74, 6) is 0.315. The Kier molecular flexibility index (Phi) is 6.33. The number of amides is 2. The maximum absolute atomic E-state index is 12.8. The van der Waals surface area contributed by atoms with Crippen LogP contribution in [0, 0.1) is 0 Å². The number of nitrogens with zero attached hydrogens (tertiary/aromatic N) is 1. The smallest absolute Gasteiger partial charge is 0.257 e. The lowest BCUT2D eigenvalue weighted by atomic mass is 10.1. The first-order valence-electron chi connectivity index (χ1n) is 9.79. The number of aromatic nitrogens is 1. The van der Waals surface area contributed by atoms with Gasteiger partial charge in [-0.25, -0.2) is 4.98 Å². The average molecular weight is 432 g/mol. The van der Waals surface area contributed by atoms with E-state index >= 15 is 0 Å². The summed E-state index contributed by atoms with van der Waals surface area (Å²) in [7, 11) is 0. The number of oxazole rings is 1. The lowest BCUT2D eigenvalue weighted by Crippen LogP contribution is -2.23. The molecule has 0 fully saturated rings. The first-order valence-corrected chi connectivity index (χ1v) is 10.8. The summed E-state index contributed by atoms with van der Waals surface area (Å²) in [6.45, 7) is 1.86. The Morgan fingerprint density at radius 2 is 1.71 bits per heavy atom. The van der Waals surface area contributed by atoms with Crippen molar-refractivity contribution in [2.24, 2.45) is 0 Å². The summed E-state index contributed by atoms with van der Waals surface area (Å²) in [6, 6.07) is 22.5. The molecule has 156 valence electrons. The highest BCUT2D eigenvalue weighted by atomic mass is 32.2. The van der Waals surface area contributed by atoms with E-state index in [4.69, 9.17) is 4.42 Å². The number of para-hydroxylation sites is 2. The first kappa shape index (κ1) is 20.7. The van der Waals surface area contributed by atoms with E-state index in [1.165, 1.54) is 18.7 Å². The predicted octanol–water partition coefficient (Wildman–Crippen LogP) is 5.01. The maximum Gasteiger partial charge on any atom is 0.257 e. The fourth-order valence-corrected chi connectivity index (χ4v) is 3.95. The Hall–Kier alpha value is -3.58. The van der Waals surface area contributed by atoms with Gasteiger partial charge < -0.3 is 15.1 Å². The lowest BCUT2D eigenvalue weighted by molar-refractivity contribution is -0.114. The zero-order valence-electron chi connectivity index (χ0n) is 16.9. The van der Waals surface area contributed by atoms with Crippen molar-refractivity contribution in [3.8, 4) is 0 Å². The van der Waals surface area contributed by atoms with Gasteiger partial charge in [0.25, 0.3) is 11.1 Å². The van der Waals surface area contributed by atoms with E-state index in [-0.39, 0.29) is 11.8 Å². The summed E-state index contributed by atoms with van der Waals surface area (Å²) in [6.07, 6.45) is 0. The van der Waals surface area contributed by atoms with Crippen LogP contribution in [0.4, 0.5) is 5.69 Å². The van der Waals surface area contributed by atoms with Crippen LogP contribution in [0.2, 0.25) is 0 Å². The summed E-state index contributed by atoms with van der Waals surface area (Å²) in [5, 5.41) is 6.26. The van der Waals surface area contributed by atoms with Crippen molar-refractivity contribution in [2.75, 3.05) is 5.32 Å². The molecule has 0 bridgehead atoms. The van der Waals surface area contributed by atoms with Crippen molar-refractivity contribution in [1.29, 1.82) is 0 Å². The average Bonchev–Trinajstić information content (AvgIpc) is 3.20. The van der Waals surface area contributed by atoms with E-state index in [1.54, 1.807) is 0 Å². The largest absolute Gasteiger partial charge is 0.431 e. The van der Waals surface area contributed by atoms with E-state index < -0.39 is 0 Å². The van der Waals surface area contributed by atoms with Crippen LogP contribution in [0.1, 0.15) is 28.4 Å². The van der Waals surface area contributed by atoms with Crippen molar-refractivity contribution >= 4 is 40.4 Å². The third kappa shape index (κ3) is 5.32. The summed E-state index contributed by atoms with van der Waals surface area (Å²) in [5.41, 5.74) is 4.78. The van der Waals surface area contributed by atoms with Gasteiger partial charge in [-0.05, 0) is 41.5 Å². The summed E-state index contributed by atoms with van der Waals surface area (Å²) < 4.78 is 5.75. The van der Waals surface area contributed by atoms with Gasteiger partial charge in [0, 0.05) is 30.5 Å². The lowest BCUT2D eigenvalue weighted by Gasteiger charge is -2.10. The molecule has 1 heterocycles. The van der Waals surface area contributed by atoms with Gasteiger partial charge in [0.2, 0.25) is 5.91 Å². The molecule has 0 saturated carbocycles. The number of carbonyl (C=O) groups is 2. The molecule has 1 aromatic heterocycles. The molecule has 0 spiro atoms. The highest BCUT2D eigenvalue weighted by Gasteiger charge is 2.13. The molecule has 2 amide bonds. The molecule has 2 N–H and O–H groups in total. The van der Waals surface area contributed by atoms with Gasteiger partial charge in [0.1, 0.15) is 5.52 Å². The normalized spacial score (nSPS) is 10.7. The maximum atomic E-state index is 12.8. The molecule has 4 rings (SSSR count). The van der Waals surface area contributed by atoms with E-state index in [1.807, 2.05) is 72.8 Å². The Balaban J connectivity index is 1.39. The summed E-state index contributed by atoms with van der Waals surface area (Å²) >= 11 is 1.46. The van der Waals surface area contributed by atoms with Gasteiger partial charge in [0.05, 0.1) is 0 Å². The number of fused-ring (bicyclic) bond motifs is 1. The number of benzene rings is 3. The van der Waals surface area contributed by atoms with Gasteiger partial charge >= 0.3 is 0 Å². The van der Waals surface area contributed by atoms with Crippen LogP contribution in [-0.2, 0) is 17.1 Å². The van der Waals surface area contributed by atoms with Crippen molar-refractivity contribution in [3.05, 3.63) is 89.5 Å². The van der Waals surface area contributed by atoms with Gasteiger partial charge in [0.15, 0.2) is 5.58 Å². The van der Waals surface area contributed by atoms with Gasteiger partial charge in [-0.1, -0.05) is 54.2 Å². The van der Waals surface area contributed by atoms with Crippen LogP contribution < -0.4 is 10.6 Å². The van der Waals surface area contributed by atoms with Crippen molar-refractivity contribution in [3.63, 3.8) is 0 Å². The van der Waals surface area contributed by atoms with Gasteiger partial charge in [-0.3, -0.25) is 9.59 Å². The van der Waals surface area contributed by atoms with Crippen LogP contribution in [-0.4, -0.2) is 16.8 Å². The molecule has 0 saturated heterocycles. The van der Waals surface area contributed by atoms with E-state index in [0.29, 0.717) is 23.1 Å². The third-order valence-corrected chi connectivity index (χ3v) is 5.49. The van der Waals surface area contributed by atoms with Crippen LogP contribution in [0.25, 0.3) is 11.1 Å². The van der Waals surface area contributed by atoms with Gasteiger partial charge in [-0.15, -0.1) is 0 Å². The van der Waals surface area contributed by atoms with Crippen molar-refractivity contribution < 1.29 is 14.0 Å². The minimum absolute atomic E-state index is 0.117. The first-order chi connectivity index (χ1) is 15.1. The van der Waals surface area contributed by atoms with Crippen molar-refractivity contribution in [1.82, 2.24) is 10.3 Å². The topological polar surface area (TPSA) is 84.2 Å². The monoisotopic (exact) mass is 431 g/mol. The Morgan fingerprint density at radius 1 is 0.968 bits per heavy atom. The third-order valence-electron chi connectivity index (χ3n) is 4.61. The second kappa shape index (κ2) is 9.49. The molecular formula is C24H21N3O3S. The number of nitrogens with one attached hydrogen (secondary N) is 2. The van der Waals surface area contributed by atoms with Crippen LogP contribution in [0.3, 0.4) is 0 Å². The van der Waals surface area contributed by atoms with Crippen LogP contribution in [0.15, 0.2) is 82.4 Å². The number of anilines is 1. The molecule has 7 heteroatoms. The second-order valence-electron chi connectivity index (χ2n) is 6.95. The van der Waals surface area contributed by atoms with E-state index in [0.717, 1.165) is 27.9 Å². The van der Waals surface area contributed by atoms with E-state index in [9.17, 15) is 9.59 Å². The zero-order valence-corrected chi connectivity index (χ0v) is 17.7. The molecule has 3 aromatic carbocycles. The quantitative estimate of drug-likeness (QED) is 0.402. The Labute approximate surface area is 184 Å². The number of hydrogen-bond acceptors (Lipinski definition) is 5. The van der Waals surface area contributed by atoms with Crippen molar-refractivity contribution in [2.45, 2.75) is 24.4 Å². The molecule has 0 radical (unpaired) electrons. The fraction of sp³-hybridized carbons (Fsp3) is 0.125. The molecule has 4 aromatic rings. The standard InChI is InChI=1S/C24H21N3O3S/c1-16(28)26-19-12-10-17(11-13-19)14-25-23(29)20-7-3-2-6-18(20)15-31-24-27-21-8-4-5-9-22(21)30-24/h2-13H,14-15H2,1H3,(H,25,29)(H,26,28). The summed E-state index contributed by atoms with van der Waals surface area (Å²) in [4.78, 5) is 28.4. The van der Waals surface area contributed by atoms with E-state index in [2.05, 4.69) is 15.6 Å². The van der Waals surface area contributed by atoms with Crippen LogP contribution >= 0.6 is 11.8 Å². The minimum atomic E-state index is -0.139. The molecule has 0 atom stereocenters. The molecule has 0 aliphatic carbocycles. The molecule has 0 aliphatic rings. The highest BCUT2D eigenvalue weighted by molar-refractivity contribution is 7.98. The Morgan fingerprint density at radius 3 is 2.48 bits per heavy atom. The number of hydrogen-bond donors (Lipinski definition) is 2. The molecular weight excluding hydrogens is 410 g/mol. The molecule has 31 heavy (non-hydrogen) atoms. The SMILES string of the molecule is CC(=O)Nc1ccc(CNC(=O)c2ccccc2CSc2nc3ccccc3o2)cc1. The number of thioether (sulfide) groups is 1. The number of rotatable bonds is 7. The zero-order chi connectivity index (χ0) is 21.6. The molecule has 6 nitrogen and oxygen atoms in total. The van der Waals surface area contributed by atoms with Crippen LogP contribution in [0.5, 0.6) is 0 Å². The number of carbonyl (C=O) groups excluding carboxylic acids is 2. The van der Waals surface area contributed by atoms with Gasteiger partial charge in [-0.2, -0.15) is 0 Å².